The second kappa shape index (κ2) is 12.0. The van der Waals surface area contributed by atoms with Crippen LogP contribution in [-0.4, -0.2) is 34.9 Å². The summed E-state index contributed by atoms with van der Waals surface area (Å²) in [5.74, 6) is 0. The molecule has 0 aliphatic heterocycles. The summed E-state index contributed by atoms with van der Waals surface area (Å²) in [7, 11) is 0. The van der Waals surface area contributed by atoms with E-state index in [1.54, 1.807) is 0 Å². The van der Waals surface area contributed by atoms with E-state index < -0.39 is 0 Å². The first-order valence-electron chi connectivity index (χ1n) is 4.41. The predicted molar refractivity (Wildman–Crippen MR) is 52.3 cm³/mol. The van der Waals surface area contributed by atoms with Gasteiger partial charge in [0.25, 0.3) is 0 Å². The van der Waals surface area contributed by atoms with Gasteiger partial charge < -0.3 is 17.1 Å². The zero-order valence-electron chi connectivity index (χ0n) is 9.11. The van der Waals surface area contributed by atoms with Crippen molar-refractivity contribution in [3.05, 3.63) is 0 Å². The summed E-state index contributed by atoms with van der Waals surface area (Å²) in [6.07, 6.45) is 1.28. The normalized spacial score (nSPS) is 9.58. The van der Waals surface area contributed by atoms with Crippen LogP contribution >= 0.6 is 0 Å². The van der Waals surface area contributed by atoms with Crippen LogP contribution in [0.15, 0.2) is 0 Å². The number of ether oxygens (including phenoxy) is 1. The monoisotopic (exact) mass is 204 g/mol. The Hall–Kier alpha value is 1.02. The van der Waals surface area contributed by atoms with Gasteiger partial charge in [0.15, 0.2) is 0 Å². The molecule has 0 amide bonds. The molecule has 3 heteroatoms. The minimum atomic E-state index is 0. The molecular formula is C9H21ClMgO. The van der Waals surface area contributed by atoms with E-state index >= 15 is 0 Å². The van der Waals surface area contributed by atoms with Crippen molar-refractivity contribution in [2.45, 2.75) is 44.6 Å². The Morgan fingerprint density at radius 2 is 1.33 bits per heavy atom. The van der Waals surface area contributed by atoms with Crippen molar-refractivity contribution >= 4 is 21.7 Å². The first kappa shape index (κ1) is 18.7. The maximum absolute atomic E-state index is 4.83. The predicted octanol–water partition coefficient (Wildman–Crippen LogP) is -0.190. The molecular weight excluding hydrogens is 184 g/mol. The van der Waals surface area contributed by atoms with Crippen LogP contribution in [0.5, 0.6) is 0 Å². The number of hydrogen-bond donors (Lipinski definition) is 0. The van der Waals surface area contributed by atoms with Gasteiger partial charge in [-0.15, -0.1) is 0 Å². The Morgan fingerprint density at radius 3 is 1.33 bits per heavy atom. The number of rotatable bonds is 3. The zero-order valence-corrected chi connectivity index (χ0v) is 11.3. The minimum Gasteiger partial charge on any atom is -1.00 e. The summed E-state index contributed by atoms with van der Waals surface area (Å²) < 4.78 is 5.40. The molecule has 0 spiro atoms. The molecule has 0 heterocycles. The molecule has 0 saturated carbocycles. The zero-order chi connectivity index (χ0) is 9.33. The maximum Gasteiger partial charge on any atom is -1.00 e. The fourth-order valence-electron chi connectivity index (χ4n) is 0.204. The summed E-state index contributed by atoms with van der Waals surface area (Å²) >= 11 is 2.06. The quantitative estimate of drug-likeness (QED) is 0.580. The van der Waals surface area contributed by atoms with Crippen LogP contribution in [0.1, 0.15) is 41.0 Å². The van der Waals surface area contributed by atoms with Crippen LogP contribution in [0.3, 0.4) is 0 Å². The van der Waals surface area contributed by atoms with Gasteiger partial charge in [-0.1, -0.05) is 0 Å². The van der Waals surface area contributed by atoms with Crippen molar-refractivity contribution < 1.29 is 17.1 Å². The summed E-state index contributed by atoms with van der Waals surface area (Å²) in [6, 6.07) is 0. The first-order valence-corrected chi connectivity index (χ1v) is 5.11. The Kier molecular flexibility index (Phi) is 18.8. The Balaban J connectivity index is -0.000000126. The second-order valence-corrected chi connectivity index (χ2v) is 5.21. The topological polar surface area (TPSA) is 9.23 Å². The third-order valence-corrected chi connectivity index (χ3v) is 1.87. The Bertz CT molecular complexity index is 69.4. The van der Waals surface area contributed by atoms with Gasteiger partial charge in [-0.25, -0.2) is 0 Å². The van der Waals surface area contributed by atoms with Gasteiger partial charge in [-0.2, -0.15) is 0 Å². The molecule has 1 nitrogen and oxygen atoms in total. The molecule has 0 aliphatic rings. The van der Waals surface area contributed by atoms with Crippen LogP contribution in [0.25, 0.3) is 0 Å². The van der Waals surface area contributed by atoms with Crippen LogP contribution < -0.4 is 12.4 Å². The summed E-state index contributed by atoms with van der Waals surface area (Å²) in [6.45, 7) is 12.4. The molecule has 0 fully saturated rings. The molecule has 0 atom stereocenters. The van der Waals surface area contributed by atoms with Gasteiger partial charge in [0.1, 0.15) is 0 Å². The molecule has 0 aromatic rings. The van der Waals surface area contributed by atoms with Crippen LogP contribution in [0.2, 0.25) is 3.54 Å². The van der Waals surface area contributed by atoms with E-state index in [-0.39, 0.29) is 12.4 Å². The van der Waals surface area contributed by atoms with Crippen molar-refractivity contribution in [1.29, 1.82) is 0 Å². The molecule has 12 heavy (non-hydrogen) atoms. The van der Waals surface area contributed by atoms with E-state index in [1.165, 1.54) is 6.42 Å². The molecule has 0 rings (SSSR count). The molecule has 0 radical (unpaired) electrons. The van der Waals surface area contributed by atoms with Crippen molar-refractivity contribution in [1.82, 2.24) is 0 Å². The van der Waals surface area contributed by atoms with Gasteiger partial charge in [0.2, 0.25) is 0 Å². The van der Waals surface area contributed by atoms with Crippen molar-refractivity contribution in [2.24, 2.45) is 0 Å². The van der Waals surface area contributed by atoms with E-state index in [0.717, 1.165) is 13.2 Å². The molecule has 0 aliphatic carbocycles. The molecule has 0 aromatic heterocycles. The second-order valence-electron chi connectivity index (χ2n) is 3.30. The van der Waals surface area contributed by atoms with E-state index in [2.05, 4.69) is 42.5 Å². The van der Waals surface area contributed by atoms with Gasteiger partial charge >= 0.3 is 52.4 Å². The van der Waals surface area contributed by atoms with Crippen LogP contribution in [0.4, 0.5) is 0 Å². The van der Waals surface area contributed by atoms with Crippen LogP contribution in [0, 0.1) is 0 Å². The standard InChI is InChI=1S/C5H11.C4H10O.ClH.Mg/c1-4-5(2)3;1-3-5-4-2;;/h4H2,1-3H3;3-4H2,1-2H3;1H;/q;;;+1/p-1. The van der Waals surface area contributed by atoms with E-state index in [1.807, 2.05) is 13.8 Å². The van der Waals surface area contributed by atoms with Crippen molar-refractivity contribution in [2.75, 3.05) is 13.2 Å². The van der Waals surface area contributed by atoms with Crippen molar-refractivity contribution in [3.63, 3.8) is 0 Å². The van der Waals surface area contributed by atoms with Gasteiger partial charge in [-0.05, 0) is 13.8 Å². The largest absolute Gasteiger partial charge is 1.00 e. The van der Waals surface area contributed by atoms with Gasteiger partial charge in [0, 0.05) is 13.2 Å². The van der Waals surface area contributed by atoms with E-state index in [0.29, 0.717) is 3.54 Å². The minimum absolute atomic E-state index is 0. The number of halogens is 1. The molecule has 72 valence electrons. The Morgan fingerprint density at radius 1 is 1.08 bits per heavy atom. The average molecular weight is 205 g/mol. The number of hydrogen-bond acceptors (Lipinski definition) is 1. The van der Waals surface area contributed by atoms with Crippen molar-refractivity contribution in [3.8, 4) is 0 Å². The first-order chi connectivity index (χ1) is 4.97. The average Bonchev–Trinajstić information content (AvgIpc) is 1.90. The van der Waals surface area contributed by atoms with Crippen LogP contribution in [-0.2, 0) is 4.74 Å². The summed E-state index contributed by atoms with van der Waals surface area (Å²) in [4.78, 5) is 0. The van der Waals surface area contributed by atoms with E-state index in [9.17, 15) is 0 Å². The molecule has 0 saturated heterocycles. The maximum atomic E-state index is 4.83. The molecule has 0 aromatic carbocycles. The van der Waals surface area contributed by atoms with Gasteiger partial charge in [-0.3, -0.25) is 0 Å². The Labute approximate surface area is 96.5 Å². The molecule has 0 unspecified atom stereocenters. The molecule has 0 bridgehead atoms. The van der Waals surface area contributed by atoms with Gasteiger partial charge in [0.05, 0.1) is 0 Å². The SMILES string of the molecule is CCOCC.CC[C](C)(C)[Mg+].[Cl-]. The molecule has 0 N–H and O–H groups in total. The third-order valence-electron chi connectivity index (χ3n) is 1.37. The summed E-state index contributed by atoms with van der Waals surface area (Å²) in [5, 5.41) is 0. The smallest absolute Gasteiger partial charge is 1.00 e. The fraction of sp³-hybridized carbons (Fsp3) is 1.00. The third kappa shape index (κ3) is 30.5. The fourth-order valence-corrected chi connectivity index (χ4v) is 0.204. The van der Waals surface area contributed by atoms with E-state index in [4.69, 9.17) is 4.74 Å². The summed E-state index contributed by atoms with van der Waals surface area (Å²) in [5.41, 5.74) is 0.